The first kappa shape index (κ1) is 12.6. The van der Waals surface area contributed by atoms with E-state index < -0.39 is 5.60 Å². The van der Waals surface area contributed by atoms with Gasteiger partial charge >= 0.3 is 5.97 Å². The number of carbonyl (C=O) groups is 1. The molecule has 0 amide bonds. The second kappa shape index (κ2) is 4.78. The number of hydrogen-bond acceptors (Lipinski definition) is 4. The molecule has 2 aliphatic rings. The first-order valence-electron chi connectivity index (χ1n) is 6.28. The van der Waals surface area contributed by atoms with Crippen molar-refractivity contribution in [3.8, 4) is 0 Å². The van der Waals surface area contributed by atoms with Gasteiger partial charge in [0.1, 0.15) is 5.60 Å². The molecule has 4 nitrogen and oxygen atoms in total. The minimum Gasteiger partial charge on any atom is -0.466 e. The molecule has 17 heavy (non-hydrogen) atoms. The molecule has 2 rings (SSSR count). The van der Waals surface area contributed by atoms with Gasteiger partial charge in [0.2, 0.25) is 0 Å². The van der Waals surface area contributed by atoms with Crippen molar-refractivity contribution in [2.75, 3.05) is 13.2 Å². The van der Waals surface area contributed by atoms with Crippen LogP contribution in [0.15, 0.2) is 12.2 Å². The predicted molar refractivity (Wildman–Crippen MR) is 62.6 cm³/mol. The highest BCUT2D eigenvalue weighted by Crippen LogP contribution is 2.45. The first-order valence-corrected chi connectivity index (χ1v) is 6.28. The highest BCUT2D eigenvalue weighted by molar-refractivity contribution is 5.74. The van der Waals surface area contributed by atoms with Crippen LogP contribution in [0, 0.1) is 5.92 Å². The van der Waals surface area contributed by atoms with Crippen LogP contribution in [0.25, 0.3) is 0 Å². The van der Waals surface area contributed by atoms with Gasteiger partial charge in [-0.2, -0.15) is 0 Å². The normalized spacial score (nSPS) is 36.2. The quantitative estimate of drug-likeness (QED) is 0.542. The third kappa shape index (κ3) is 2.11. The maximum absolute atomic E-state index is 11.8. The summed E-state index contributed by atoms with van der Waals surface area (Å²) in [5.74, 6) is -0.338. The molecule has 4 heteroatoms. The summed E-state index contributed by atoms with van der Waals surface area (Å²) in [5.41, 5.74) is -0.432. The third-order valence-corrected chi connectivity index (χ3v) is 3.55. The summed E-state index contributed by atoms with van der Waals surface area (Å²) in [5, 5.41) is 0. The Balaban J connectivity index is 2.06. The topological polar surface area (TPSA) is 44.8 Å². The van der Waals surface area contributed by atoms with Crippen molar-refractivity contribution in [2.24, 2.45) is 5.92 Å². The summed E-state index contributed by atoms with van der Waals surface area (Å²) in [4.78, 5) is 11.8. The summed E-state index contributed by atoms with van der Waals surface area (Å²) in [7, 11) is 0. The maximum Gasteiger partial charge on any atom is 0.312 e. The van der Waals surface area contributed by atoms with Crippen LogP contribution in [-0.4, -0.2) is 37.0 Å². The molecule has 0 spiro atoms. The van der Waals surface area contributed by atoms with Crippen molar-refractivity contribution >= 4 is 5.97 Å². The monoisotopic (exact) mass is 240 g/mol. The lowest BCUT2D eigenvalue weighted by molar-refractivity contribution is -0.149. The lowest BCUT2D eigenvalue weighted by Crippen LogP contribution is -2.39. The molecule has 4 unspecified atom stereocenters. The number of rotatable bonds is 5. The average molecular weight is 240 g/mol. The summed E-state index contributed by atoms with van der Waals surface area (Å²) in [6.07, 6.45) is 4.48. The van der Waals surface area contributed by atoms with Crippen LogP contribution < -0.4 is 0 Å². The Kier molecular flexibility index (Phi) is 3.54. The van der Waals surface area contributed by atoms with Gasteiger partial charge in [0.15, 0.2) is 0 Å². The highest BCUT2D eigenvalue weighted by Gasteiger charge is 2.54. The standard InChI is InChI=1S/C13H20O4/c1-4-15-9(3)13-7-6-11(17-13)10(8-13)12(14)16-5-2/h6-7,9-11H,4-5,8H2,1-3H3. The average Bonchev–Trinajstić information content (AvgIpc) is 2.88. The van der Waals surface area contributed by atoms with Crippen molar-refractivity contribution in [1.82, 2.24) is 0 Å². The fourth-order valence-corrected chi connectivity index (χ4v) is 2.64. The number of carbonyl (C=O) groups excluding carboxylic acids is 1. The Morgan fingerprint density at radius 3 is 2.94 bits per heavy atom. The van der Waals surface area contributed by atoms with E-state index in [1.54, 1.807) is 0 Å². The molecular formula is C13H20O4. The zero-order valence-electron chi connectivity index (χ0n) is 10.6. The smallest absolute Gasteiger partial charge is 0.312 e. The van der Waals surface area contributed by atoms with Gasteiger partial charge in [-0.15, -0.1) is 0 Å². The van der Waals surface area contributed by atoms with Crippen LogP contribution in [-0.2, 0) is 19.0 Å². The molecule has 2 aliphatic heterocycles. The predicted octanol–water partition coefficient (Wildman–Crippen LogP) is 1.69. The Hall–Kier alpha value is -0.870. The molecule has 0 aromatic heterocycles. The molecule has 4 atom stereocenters. The van der Waals surface area contributed by atoms with Gasteiger partial charge < -0.3 is 14.2 Å². The van der Waals surface area contributed by atoms with Crippen LogP contribution >= 0.6 is 0 Å². The molecule has 2 bridgehead atoms. The lowest BCUT2D eigenvalue weighted by atomic mass is 9.83. The molecular weight excluding hydrogens is 220 g/mol. The molecule has 96 valence electrons. The van der Waals surface area contributed by atoms with E-state index in [0.717, 1.165) is 0 Å². The zero-order valence-corrected chi connectivity index (χ0v) is 10.6. The van der Waals surface area contributed by atoms with Crippen molar-refractivity contribution in [3.63, 3.8) is 0 Å². The Morgan fingerprint density at radius 2 is 2.29 bits per heavy atom. The Morgan fingerprint density at radius 1 is 1.53 bits per heavy atom. The van der Waals surface area contributed by atoms with Gasteiger partial charge in [0.25, 0.3) is 0 Å². The number of hydrogen-bond donors (Lipinski definition) is 0. The largest absolute Gasteiger partial charge is 0.466 e. The van der Waals surface area contributed by atoms with Crippen molar-refractivity contribution in [3.05, 3.63) is 12.2 Å². The van der Waals surface area contributed by atoms with Crippen LogP contribution in [0.1, 0.15) is 27.2 Å². The van der Waals surface area contributed by atoms with E-state index in [9.17, 15) is 4.79 Å². The first-order chi connectivity index (χ1) is 8.13. The van der Waals surface area contributed by atoms with Crippen LogP contribution in [0.5, 0.6) is 0 Å². The molecule has 0 radical (unpaired) electrons. The van der Waals surface area contributed by atoms with E-state index in [0.29, 0.717) is 19.6 Å². The van der Waals surface area contributed by atoms with Crippen LogP contribution in [0.4, 0.5) is 0 Å². The second-order valence-corrected chi connectivity index (χ2v) is 4.56. The maximum atomic E-state index is 11.8. The summed E-state index contributed by atoms with van der Waals surface area (Å²) in [6.45, 7) is 6.83. The second-order valence-electron chi connectivity index (χ2n) is 4.56. The van der Waals surface area contributed by atoms with Crippen LogP contribution in [0.3, 0.4) is 0 Å². The fourth-order valence-electron chi connectivity index (χ4n) is 2.64. The molecule has 2 heterocycles. The summed E-state index contributed by atoms with van der Waals surface area (Å²) >= 11 is 0. The van der Waals surface area contributed by atoms with E-state index in [2.05, 4.69) is 0 Å². The minimum atomic E-state index is -0.432. The third-order valence-electron chi connectivity index (χ3n) is 3.55. The Labute approximate surface area is 102 Å². The van der Waals surface area contributed by atoms with E-state index in [1.165, 1.54) is 0 Å². The van der Waals surface area contributed by atoms with Crippen LogP contribution in [0.2, 0.25) is 0 Å². The molecule has 0 saturated carbocycles. The Bertz CT molecular complexity index is 325. The number of esters is 1. The minimum absolute atomic E-state index is 0.0341. The zero-order chi connectivity index (χ0) is 12.5. The van der Waals surface area contributed by atoms with Crippen molar-refractivity contribution in [2.45, 2.75) is 45.0 Å². The van der Waals surface area contributed by atoms with Crippen molar-refractivity contribution < 1.29 is 19.0 Å². The molecule has 0 aromatic carbocycles. The van der Waals surface area contributed by atoms with E-state index in [4.69, 9.17) is 14.2 Å². The molecule has 0 N–H and O–H groups in total. The molecule has 0 aromatic rings. The van der Waals surface area contributed by atoms with E-state index in [-0.39, 0.29) is 24.1 Å². The SMILES string of the molecule is CCOC(=O)C1CC2(C(C)OCC)C=CC1O2. The van der Waals surface area contributed by atoms with Gasteiger partial charge in [-0.1, -0.05) is 12.2 Å². The number of ether oxygens (including phenoxy) is 3. The summed E-state index contributed by atoms with van der Waals surface area (Å²) < 4.78 is 16.6. The molecule has 0 aliphatic carbocycles. The van der Waals surface area contributed by atoms with Gasteiger partial charge in [-0.3, -0.25) is 4.79 Å². The molecule has 1 fully saturated rings. The fraction of sp³-hybridized carbons (Fsp3) is 0.769. The van der Waals surface area contributed by atoms with E-state index in [1.807, 2.05) is 32.9 Å². The van der Waals surface area contributed by atoms with E-state index >= 15 is 0 Å². The lowest BCUT2D eigenvalue weighted by Gasteiger charge is -2.29. The van der Waals surface area contributed by atoms with Gasteiger partial charge in [0.05, 0.1) is 24.7 Å². The van der Waals surface area contributed by atoms with Gasteiger partial charge in [-0.05, 0) is 27.2 Å². The van der Waals surface area contributed by atoms with Gasteiger partial charge in [-0.25, -0.2) is 0 Å². The van der Waals surface area contributed by atoms with Crippen molar-refractivity contribution in [1.29, 1.82) is 0 Å². The molecule has 1 saturated heterocycles. The summed E-state index contributed by atoms with van der Waals surface area (Å²) in [6, 6.07) is 0. The van der Waals surface area contributed by atoms with Gasteiger partial charge in [0, 0.05) is 6.61 Å². The highest BCUT2D eigenvalue weighted by atomic mass is 16.6. The number of fused-ring (bicyclic) bond motifs is 2.